The van der Waals surface area contributed by atoms with Crippen LogP contribution in [0.1, 0.15) is 25.3 Å². The van der Waals surface area contributed by atoms with Crippen LogP contribution in [0.4, 0.5) is 4.79 Å². The first-order valence-electron chi connectivity index (χ1n) is 7.20. The van der Waals surface area contributed by atoms with Crippen LogP contribution in [-0.2, 0) is 20.9 Å². The first-order valence-corrected chi connectivity index (χ1v) is 7.20. The normalized spacial score (nSPS) is 24.2. The molecule has 6 heteroatoms. The Kier molecular flexibility index (Phi) is 5.03. The Morgan fingerprint density at radius 1 is 1.41 bits per heavy atom. The Morgan fingerprint density at radius 3 is 2.64 bits per heavy atom. The summed E-state index contributed by atoms with van der Waals surface area (Å²) >= 11 is 0. The molecule has 2 rings (SSSR count). The summed E-state index contributed by atoms with van der Waals surface area (Å²) in [7, 11) is 1.30. The molecule has 0 aliphatic heterocycles. The molecule has 0 saturated heterocycles. The van der Waals surface area contributed by atoms with E-state index in [1.807, 2.05) is 30.3 Å². The van der Waals surface area contributed by atoms with E-state index in [4.69, 9.17) is 4.74 Å². The lowest BCUT2D eigenvalue weighted by atomic mass is 10.1. The Morgan fingerprint density at radius 2 is 2.09 bits per heavy atom. The van der Waals surface area contributed by atoms with Gasteiger partial charge >= 0.3 is 12.1 Å². The van der Waals surface area contributed by atoms with Crippen LogP contribution < -0.4 is 5.32 Å². The van der Waals surface area contributed by atoms with Crippen molar-refractivity contribution in [2.24, 2.45) is 5.92 Å². The van der Waals surface area contributed by atoms with E-state index in [1.165, 1.54) is 7.11 Å². The zero-order valence-electron chi connectivity index (χ0n) is 12.7. The molecule has 0 aromatic heterocycles. The van der Waals surface area contributed by atoms with E-state index in [2.05, 4.69) is 10.1 Å². The second kappa shape index (κ2) is 6.79. The lowest BCUT2D eigenvalue weighted by molar-refractivity contribution is -0.141. The largest absolute Gasteiger partial charge is 0.469 e. The number of alkyl carbamates (subject to hydrolysis) is 1. The molecule has 1 aromatic carbocycles. The van der Waals surface area contributed by atoms with Crippen molar-refractivity contribution in [3.05, 3.63) is 35.9 Å². The van der Waals surface area contributed by atoms with Crippen molar-refractivity contribution in [2.45, 2.75) is 38.0 Å². The summed E-state index contributed by atoms with van der Waals surface area (Å²) in [5.41, 5.74) is 0.109. The van der Waals surface area contributed by atoms with E-state index in [9.17, 15) is 14.7 Å². The number of rotatable bonds is 6. The van der Waals surface area contributed by atoms with Gasteiger partial charge in [0.05, 0.1) is 25.2 Å². The first kappa shape index (κ1) is 16.3. The number of methoxy groups -OCH3 is 1. The summed E-state index contributed by atoms with van der Waals surface area (Å²) in [6, 6.07) is 9.31. The van der Waals surface area contributed by atoms with Crippen LogP contribution in [0.5, 0.6) is 0 Å². The predicted molar refractivity (Wildman–Crippen MR) is 78.9 cm³/mol. The van der Waals surface area contributed by atoms with Crippen LogP contribution in [0.25, 0.3) is 0 Å². The van der Waals surface area contributed by atoms with Crippen molar-refractivity contribution >= 4 is 12.1 Å². The minimum atomic E-state index is -0.769. The highest BCUT2D eigenvalue weighted by Crippen LogP contribution is 2.48. The van der Waals surface area contributed by atoms with Crippen LogP contribution in [0.3, 0.4) is 0 Å². The van der Waals surface area contributed by atoms with Gasteiger partial charge in [0.1, 0.15) is 6.61 Å². The van der Waals surface area contributed by atoms with Crippen molar-refractivity contribution in [1.29, 1.82) is 0 Å². The van der Waals surface area contributed by atoms with Crippen molar-refractivity contribution in [1.82, 2.24) is 5.32 Å². The van der Waals surface area contributed by atoms with Gasteiger partial charge in [-0.2, -0.15) is 0 Å². The maximum Gasteiger partial charge on any atom is 0.407 e. The minimum Gasteiger partial charge on any atom is -0.469 e. The van der Waals surface area contributed by atoms with E-state index in [-0.39, 0.29) is 18.9 Å². The number of carbonyl (C=O) groups excluding carboxylic acids is 2. The fraction of sp³-hybridized carbons (Fsp3) is 0.500. The van der Waals surface area contributed by atoms with E-state index in [1.54, 1.807) is 6.92 Å². The number of carbonyl (C=O) groups is 2. The molecule has 2 N–H and O–H groups in total. The van der Waals surface area contributed by atoms with Gasteiger partial charge in [-0.15, -0.1) is 0 Å². The fourth-order valence-electron chi connectivity index (χ4n) is 2.65. The second-order valence-corrected chi connectivity index (χ2v) is 5.65. The summed E-state index contributed by atoms with van der Waals surface area (Å²) in [4.78, 5) is 23.4. The number of aliphatic hydroxyl groups is 1. The van der Waals surface area contributed by atoms with Gasteiger partial charge in [0.15, 0.2) is 0 Å². The molecule has 1 aliphatic carbocycles. The molecule has 0 radical (unpaired) electrons. The molecule has 120 valence electrons. The molecule has 0 spiro atoms. The van der Waals surface area contributed by atoms with Gasteiger partial charge in [0.25, 0.3) is 0 Å². The zero-order chi connectivity index (χ0) is 16.2. The molecular formula is C16H21NO5. The molecule has 3 unspecified atom stereocenters. The number of hydrogen-bond donors (Lipinski definition) is 2. The van der Waals surface area contributed by atoms with Crippen molar-refractivity contribution < 1.29 is 24.2 Å². The van der Waals surface area contributed by atoms with Crippen molar-refractivity contribution in [3.63, 3.8) is 0 Å². The van der Waals surface area contributed by atoms with Gasteiger partial charge in [0.2, 0.25) is 0 Å². The molecule has 0 heterocycles. The average molecular weight is 307 g/mol. The highest BCUT2D eigenvalue weighted by molar-refractivity contribution is 5.75. The maximum absolute atomic E-state index is 11.9. The Labute approximate surface area is 129 Å². The lowest BCUT2D eigenvalue weighted by Gasteiger charge is -2.19. The van der Waals surface area contributed by atoms with E-state index in [0.29, 0.717) is 6.42 Å². The quantitative estimate of drug-likeness (QED) is 0.780. The van der Waals surface area contributed by atoms with Gasteiger partial charge < -0.3 is 19.9 Å². The molecule has 22 heavy (non-hydrogen) atoms. The van der Waals surface area contributed by atoms with Gasteiger partial charge in [0, 0.05) is 5.92 Å². The highest BCUT2D eigenvalue weighted by Gasteiger charge is 2.59. The van der Waals surface area contributed by atoms with Gasteiger partial charge in [-0.05, 0) is 18.9 Å². The number of ether oxygens (including phenoxy) is 2. The highest BCUT2D eigenvalue weighted by atomic mass is 16.5. The summed E-state index contributed by atoms with van der Waals surface area (Å²) in [5, 5.41) is 12.4. The number of esters is 1. The molecular weight excluding hydrogens is 286 g/mol. The molecule has 3 atom stereocenters. The average Bonchev–Trinajstić information content (AvgIpc) is 3.20. The number of amides is 1. The second-order valence-electron chi connectivity index (χ2n) is 5.65. The van der Waals surface area contributed by atoms with Crippen molar-refractivity contribution in [3.8, 4) is 0 Å². The SMILES string of the molecule is COC(=O)CC1(NC(=O)OCc2ccccc2)CC1C(C)O. The topological polar surface area (TPSA) is 84.9 Å². The molecule has 1 amide bonds. The first-order chi connectivity index (χ1) is 10.5. The van der Waals surface area contributed by atoms with E-state index in [0.717, 1.165) is 5.56 Å². The van der Waals surface area contributed by atoms with Gasteiger partial charge in [-0.3, -0.25) is 4.79 Å². The standard InChI is InChI=1S/C16H21NO5/c1-11(18)13-8-16(13,9-14(19)21-2)17-15(20)22-10-12-6-4-3-5-7-12/h3-7,11,13,18H,8-10H2,1-2H3,(H,17,20). The van der Waals surface area contributed by atoms with Crippen LogP contribution in [0.15, 0.2) is 30.3 Å². The summed E-state index contributed by atoms with van der Waals surface area (Å²) in [6.45, 7) is 1.79. The number of nitrogens with one attached hydrogen (secondary N) is 1. The third kappa shape index (κ3) is 3.98. The Hall–Kier alpha value is -2.08. The van der Waals surface area contributed by atoms with Crippen LogP contribution >= 0.6 is 0 Å². The zero-order valence-corrected chi connectivity index (χ0v) is 12.7. The fourth-order valence-corrected chi connectivity index (χ4v) is 2.65. The third-order valence-corrected chi connectivity index (χ3v) is 3.97. The van der Waals surface area contributed by atoms with Crippen LogP contribution in [-0.4, -0.2) is 35.9 Å². The molecule has 6 nitrogen and oxygen atoms in total. The van der Waals surface area contributed by atoms with Gasteiger partial charge in [-0.25, -0.2) is 4.79 Å². The van der Waals surface area contributed by atoms with Crippen LogP contribution in [0.2, 0.25) is 0 Å². The molecule has 1 fully saturated rings. The summed E-state index contributed by atoms with van der Waals surface area (Å²) < 4.78 is 9.82. The Balaban J connectivity index is 1.90. The van der Waals surface area contributed by atoms with E-state index < -0.39 is 23.7 Å². The molecule has 0 bridgehead atoms. The predicted octanol–water partition coefficient (Wildman–Crippen LogP) is 1.62. The molecule has 1 aromatic rings. The molecule has 1 aliphatic rings. The number of hydrogen-bond acceptors (Lipinski definition) is 5. The van der Waals surface area contributed by atoms with Crippen LogP contribution in [0, 0.1) is 5.92 Å². The Bertz CT molecular complexity index is 531. The minimum absolute atomic E-state index is 0.0273. The summed E-state index contributed by atoms with van der Waals surface area (Å²) in [5.74, 6) is -0.595. The van der Waals surface area contributed by atoms with Gasteiger partial charge in [-0.1, -0.05) is 30.3 Å². The summed E-state index contributed by atoms with van der Waals surface area (Å²) in [6.07, 6.45) is -0.658. The third-order valence-electron chi connectivity index (χ3n) is 3.97. The number of aliphatic hydroxyl groups excluding tert-OH is 1. The smallest absolute Gasteiger partial charge is 0.407 e. The maximum atomic E-state index is 11.9. The number of benzene rings is 1. The lowest BCUT2D eigenvalue weighted by Crippen LogP contribution is -2.42. The van der Waals surface area contributed by atoms with E-state index >= 15 is 0 Å². The van der Waals surface area contributed by atoms with Crippen molar-refractivity contribution in [2.75, 3.05) is 7.11 Å². The monoisotopic (exact) mass is 307 g/mol. The molecule has 1 saturated carbocycles.